The molecule has 0 spiro atoms. The zero-order chi connectivity index (χ0) is 15.5. The number of nitrogens with zero attached hydrogens (tertiary/aromatic N) is 1. The van der Waals surface area contributed by atoms with Gasteiger partial charge in [-0.2, -0.15) is 0 Å². The molecule has 0 atom stereocenters. The van der Waals surface area contributed by atoms with E-state index in [1.165, 1.54) is 0 Å². The summed E-state index contributed by atoms with van der Waals surface area (Å²) in [7, 11) is 3.36. The summed E-state index contributed by atoms with van der Waals surface area (Å²) in [4.78, 5) is 14.3. The lowest BCUT2D eigenvalue weighted by Gasteiger charge is -2.26. The summed E-state index contributed by atoms with van der Waals surface area (Å²) < 4.78 is 5.30. The maximum absolute atomic E-state index is 12.6. The lowest BCUT2D eigenvalue weighted by molar-refractivity contribution is 0.0295. The number of ether oxygens (including phenoxy) is 1. The summed E-state index contributed by atoms with van der Waals surface area (Å²) >= 11 is 0. The van der Waals surface area contributed by atoms with Crippen LogP contribution in [0.15, 0.2) is 18.2 Å². The van der Waals surface area contributed by atoms with Crippen molar-refractivity contribution in [2.24, 2.45) is 0 Å². The SMILES string of the molecule is COc1cccc(C)c1C(=O)N(C)CCC1(O)CCCC1. The summed E-state index contributed by atoms with van der Waals surface area (Å²) in [5, 5.41) is 10.4. The number of hydrogen-bond acceptors (Lipinski definition) is 3. The van der Waals surface area contributed by atoms with E-state index in [1.807, 2.05) is 19.1 Å². The average Bonchev–Trinajstić information content (AvgIpc) is 2.91. The number of methoxy groups -OCH3 is 1. The quantitative estimate of drug-likeness (QED) is 0.907. The van der Waals surface area contributed by atoms with Crippen LogP contribution in [0.3, 0.4) is 0 Å². The number of aliphatic hydroxyl groups is 1. The number of rotatable bonds is 5. The summed E-state index contributed by atoms with van der Waals surface area (Å²) in [5.41, 5.74) is 0.941. The molecule has 1 N–H and O–H groups in total. The van der Waals surface area contributed by atoms with Crippen molar-refractivity contribution in [1.29, 1.82) is 0 Å². The van der Waals surface area contributed by atoms with Gasteiger partial charge in [-0.25, -0.2) is 0 Å². The summed E-state index contributed by atoms with van der Waals surface area (Å²) in [6.45, 7) is 2.47. The molecule has 0 radical (unpaired) electrons. The fourth-order valence-electron chi connectivity index (χ4n) is 3.04. The molecule has 1 aliphatic carbocycles. The Hall–Kier alpha value is -1.55. The van der Waals surface area contributed by atoms with Gasteiger partial charge in [0.1, 0.15) is 5.75 Å². The fraction of sp³-hybridized carbons (Fsp3) is 0.588. The summed E-state index contributed by atoms with van der Waals surface area (Å²) in [6.07, 6.45) is 4.51. The highest BCUT2D eigenvalue weighted by molar-refractivity contribution is 5.98. The van der Waals surface area contributed by atoms with E-state index in [1.54, 1.807) is 25.1 Å². The van der Waals surface area contributed by atoms with Gasteiger partial charge in [-0.1, -0.05) is 25.0 Å². The highest BCUT2D eigenvalue weighted by Crippen LogP contribution is 2.32. The predicted molar refractivity (Wildman–Crippen MR) is 82.7 cm³/mol. The van der Waals surface area contributed by atoms with Crippen molar-refractivity contribution < 1.29 is 14.6 Å². The number of carbonyl (C=O) groups is 1. The van der Waals surface area contributed by atoms with Crippen LogP contribution in [0.5, 0.6) is 5.75 Å². The average molecular weight is 291 g/mol. The van der Waals surface area contributed by atoms with Crippen LogP contribution >= 0.6 is 0 Å². The molecule has 1 saturated carbocycles. The smallest absolute Gasteiger partial charge is 0.257 e. The summed E-state index contributed by atoms with van der Waals surface area (Å²) in [5.74, 6) is 0.554. The zero-order valence-electron chi connectivity index (χ0n) is 13.2. The first-order chi connectivity index (χ1) is 9.97. The first-order valence-electron chi connectivity index (χ1n) is 7.58. The topological polar surface area (TPSA) is 49.8 Å². The third-order valence-electron chi connectivity index (χ3n) is 4.46. The molecule has 0 heterocycles. The van der Waals surface area contributed by atoms with E-state index in [0.29, 0.717) is 24.3 Å². The second kappa shape index (κ2) is 6.48. The highest BCUT2D eigenvalue weighted by Gasteiger charge is 2.31. The van der Waals surface area contributed by atoms with Gasteiger partial charge in [0.15, 0.2) is 0 Å². The maximum atomic E-state index is 12.6. The van der Waals surface area contributed by atoms with Crippen LogP contribution in [0.4, 0.5) is 0 Å². The Kier molecular flexibility index (Phi) is 4.88. The molecule has 4 heteroatoms. The van der Waals surface area contributed by atoms with Crippen molar-refractivity contribution in [3.05, 3.63) is 29.3 Å². The van der Waals surface area contributed by atoms with Crippen molar-refractivity contribution in [3.63, 3.8) is 0 Å². The zero-order valence-corrected chi connectivity index (χ0v) is 13.2. The second-order valence-corrected chi connectivity index (χ2v) is 6.06. The molecule has 21 heavy (non-hydrogen) atoms. The largest absolute Gasteiger partial charge is 0.496 e. The van der Waals surface area contributed by atoms with Crippen LogP contribution < -0.4 is 4.74 Å². The normalized spacial score (nSPS) is 16.8. The fourth-order valence-corrected chi connectivity index (χ4v) is 3.04. The van der Waals surface area contributed by atoms with E-state index in [-0.39, 0.29) is 5.91 Å². The molecular formula is C17H25NO3. The van der Waals surface area contributed by atoms with Crippen molar-refractivity contribution in [1.82, 2.24) is 4.90 Å². The molecule has 0 aromatic heterocycles. The molecule has 4 nitrogen and oxygen atoms in total. The van der Waals surface area contributed by atoms with Gasteiger partial charge in [0.2, 0.25) is 0 Å². The van der Waals surface area contributed by atoms with Gasteiger partial charge in [-0.05, 0) is 37.8 Å². The molecule has 0 saturated heterocycles. The molecule has 1 aliphatic rings. The van der Waals surface area contributed by atoms with Crippen LogP contribution in [-0.2, 0) is 0 Å². The van der Waals surface area contributed by atoms with Crippen LogP contribution in [0, 0.1) is 6.92 Å². The van der Waals surface area contributed by atoms with Crippen molar-refractivity contribution >= 4 is 5.91 Å². The lowest BCUT2D eigenvalue weighted by Crippen LogP contribution is -2.34. The first-order valence-corrected chi connectivity index (χ1v) is 7.58. The number of amides is 1. The minimum Gasteiger partial charge on any atom is -0.496 e. The maximum Gasteiger partial charge on any atom is 0.257 e. The van der Waals surface area contributed by atoms with Crippen molar-refractivity contribution in [2.75, 3.05) is 20.7 Å². The molecule has 0 bridgehead atoms. The van der Waals surface area contributed by atoms with Crippen LogP contribution in [0.1, 0.15) is 48.0 Å². The number of benzene rings is 1. The molecule has 0 unspecified atom stereocenters. The van der Waals surface area contributed by atoms with Gasteiger partial charge >= 0.3 is 0 Å². The highest BCUT2D eigenvalue weighted by atomic mass is 16.5. The molecule has 0 aliphatic heterocycles. The van der Waals surface area contributed by atoms with Crippen molar-refractivity contribution in [2.45, 2.75) is 44.6 Å². The Morgan fingerprint density at radius 3 is 2.67 bits per heavy atom. The number of aryl methyl sites for hydroxylation is 1. The molecule has 1 fully saturated rings. The Morgan fingerprint density at radius 2 is 2.05 bits per heavy atom. The number of carbonyl (C=O) groups excluding carboxylic acids is 1. The Morgan fingerprint density at radius 1 is 1.38 bits per heavy atom. The van der Waals surface area contributed by atoms with Gasteiger partial charge < -0.3 is 14.7 Å². The molecule has 1 amide bonds. The van der Waals surface area contributed by atoms with Gasteiger partial charge in [-0.3, -0.25) is 4.79 Å². The van der Waals surface area contributed by atoms with E-state index < -0.39 is 5.60 Å². The van der Waals surface area contributed by atoms with Crippen molar-refractivity contribution in [3.8, 4) is 5.75 Å². The minimum atomic E-state index is -0.579. The monoisotopic (exact) mass is 291 g/mol. The van der Waals surface area contributed by atoms with E-state index in [2.05, 4.69) is 0 Å². The predicted octanol–water partition coefficient (Wildman–Crippen LogP) is 2.77. The second-order valence-electron chi connectivity index (χ2n) is 6.06. The van der Waals surface area contributed by atoms with Crippen LogP contribution in [0.25, 0.3) is 0 Å². The van der Waals surface area contributed by atoms with E-state index in [9.17, 15) is 9.90 Å². The first kappa shape index (κ1) is 15.8. The van der Waals surface area contributed by atoms with Gasteiger partial charge in [-0.15, -0.1) is 0 Å². The van der Waals surface area contributed by atoms with Gasteiger partial charge in [0, 0.05) is 13.6 Å². The molecular weight excluding hydrogens is 266 g/mol. The molecule has 116 valence electrons. The Bertz CT molecular complexity index is 507. The van der Waals surface area contributed by atoms with E-state index in [0.717, 1.165) is 31.2 Å². The minimum absolute atomic E-state index is 0.0495. The van der Waals surface area contributed by atoms with Crippen LogP contribution in [0.2, 0.25) is 0 Å². The Labute approximate surface area is 126 Å². The van der Waals surface area contributed by atoms with E-state index in [4.69, 9.17) is 4.74 Å². The van der Waals surface area contributed by atoms with Gasteiger partial charge in [0.25, 0.3) is 5.91 Å². The Balaban J connectivity index is 2.05. The third kappa shape index (κ3) is 3.56. The lowest BCUT2D eigenvalue weighted by atomic mass is 9.97. The number of hydrogen-bond donors (Lipinski definition) is 1. The summed E-state index contributed by atoms with van der Waals surface area (Å²) in [6, 6.07) is 5.60. The molecule has 1 aromatic rings. The third-order valence-corrected chi connectivity index (χ3v) is 4.46. The standard InChI is InChI=1S/C17H25NO3/c1-13-7-6-8-14(21-3)15(13)16(19)18(2)12-11-17(20)9-4-5-10-17/h6-8,20H,4-5,9-12H2,1-3H3. The van der Waals surface area contributed by atoms with Crippen LogP contribution in [-0.4, -0.2) is 42.2 Å². The van der Waals surface area contributed by atoms with Gasteiger partial charge in [0.05, 0.1) is 18.3 Å². The molecule has 1 aromatic carbocycles. The molecule has 2 rings (SSSR count). The van der Waals surface area contributed by atoms with E-state index >= 15 is 0 Å².